The first-order valence-electron chi connectivity index (χ1n) is 12.5. The summed E-state index contributed by atoms with van der Waals surface area (Å²) in [5.74, 6) is 0. The highest BCUT2D eigenvalue weighted by Crippen LogP contribution is 2.23. The lowest BCUT2D eigenvalue weighted by Gasteiger charge is -2.09. The largest absolute Gasteiger partial charge is 0.248 e. The maximum Gasteiger partial charge on any atom is 0.248 e. The Morgan fingerprint density at radius 3 is 1.10 bits per heavy atom. The average molecular weight is 465 g/mol. The Bertz CT molecular complexity index is 382. The Morgan fingerprint density at radius 2 is 0.828 bits per heavy atom. The molecule has 0 spiro atoms. The number of halogens is 2. The third-order valence-electron chi connectivity index (χ3n) is 5.70. The molecule has 0 aromatic rings. The zero-order chi connectivity index (χ0) is 21.5. The van der Waals surface area contributed by atoms with Crippen molar-refractivity contribution in [1.29, 1.82) is 0 Å². The lowest BCUT2D eigenvalue weighted by Crippen LogP contribution is -2.11. The predicted octanol–water partition coefficient (Wildman–Crippen LogP) is 9.67. The lowest BCUT2D eigenvalue weighted by molar-refractivity contribution is 0.522. The molecule has 0 rings (SSSR count). The standard InChI is InChI=1S/C24H47Cl2NOSi/c1-29(25,26)23-21-19-17-15-13-11-9-7-5-3-2-4-6-8-10-12-14-16-18-20-22-27-24-28/h2-23H2,1H3. The van der Waals surface area contributed by atoms with Gasteiger partial charge in [-0.2, -0.15) is 0 Å². The second-order valence-electron chi connectivity index (χ2n) is 8.86. The highest BCUT2D eigenvalue weighted by Gasteiger charge is 2.19. The molecule has 0 radical (unpaired) electrons. The van der Waals surface area contributed by atoms with Gasteiger partial charge in [0.15, 0.2) is 0 Å². The molecule has 172 valence electrons. The van der Waals surface area contributed by atoms with E-state index in [0.29, 0.717) is 6.54 Å². The van der Waals surface area contributed by atoms with Gasteiger partial charge >= 0.3 is 0 Å². The van der Waals surface area contributed by atoms with Gasteiger partial charge < -0.3 is 0 Å². The van der Waals surface area contributed by atoms with E-state index in [9.17, 15) is 4.79 Å². The van der Waals surface area contributed by atoms with Crippen LogP contribution in [0.15, 0.2) is 4.99 Å². The summed E-state index contributed by atoms with van der Waals surface area (Å²) < 4.78 is 0. The Morgan fingerprint density at radius 1 is 0.552 bits per heavy atom. The molecule has 0 saturated carbocycles. The number of hydrogen-bond acceptors (Lipinski definition) is 2. The molecular weight excluding hydrogens is 417 g/mol. The number of aliphatic imine (C=N–C) groups is 1. The van der Waals surface area contributed by atoms with Crippen LogP contribution in [-0.2, 0) is 4.79 Å². The summed E-state index contributed by atoms with van der Waals surface area (Å²) in [6, 6.07) is 1.05. The van der Waals surface area contributed by atoms with Gasteiger partial charge in [0.2, 0.25) is 12.8 Å². The van der Waals surface area contributed by atoms with Crippen molar-refractivity contribution < 1.29 is 4.79 Å². The van der Waals surface area contributed by atoms with Crippen molar-refractivity contribution in [3.63, 3.8) is 0 Å². The van der Waals surface area contributed by atoms with E-state index >= 15 is 0 Å². The van der Waals surface area contributed by atoms with Crippen LogP contribution in [0.4, 0.5) is 0 Å². The van der Waals surface area contributed by atoms with Crippen LogP contribution in [0.25, 0.3) is 0 Å². The Labute approximate surface area is 192 Å². The van der Waals surface area contributed by atoms with Crippen molar-refractivity contribution in [3.05, 3.63) is 0 Å². The Hall–Kier alpha value is 0.177. The van der Waals surface area contributed by atoms with Gasteiger partial charge in [0.25, 0.3) is 0 Å². The van der Waals surface area contributed by atoms with Crippen molar-refractivity contribution in [1.82, 2.24) is 0 Å². The molecule has 0 amide bonds. The highest BCUT2D eigenvalue weighted by molar-refractivity contribution is 7.44. The van der Waals surface area contributed by atoms with Crippen LogP contribution < -0.4 is 0 Å². The van der Waals surface area contributed by atoms with Crippen molar-refractivity contribution in [2.24, 2.45) is 4.99 Å². The van der Waals surface area contributed by atoms with Gasteiger partial charge in [-0.15, -0.1) is 22.2 Å². The van der Waals surface area contributed by atoms with E-state index < -0.39 is 6.69 Å². The van der Waals surface area contributed by atoms with Crippen LogP contribution in [0.3, 0.4) is 0 Å². The smallest absolute Gasteiger partial charge is 0.211 e. The number of hydrogen-bond donors (Lipinski definition) is 0. The first-order valence-corrected chi connectivity index (χ1v) is 17.2. The average Bonchev–Trinajstić information content (AvgIpc) is 2.67. The molecule has 0 unspecified atom stereocenters. The van der Waals surface area contributed by atoms with Crippen LogP contribution in [0.5, 0.6) is 0 Å². The third kappa shape index (κ3) is 28.2. The second kappa shape index (κ2) is 22.9. The van der Waals surface area contributed by atoms with E-state index in [1.807, 2.05) is 6.55 Å². The summed E-state index contributed by atoms with van der Waals surface area (Å²) in [5, 5.41) is 0. The van der Waals surface area contributed by atoms with Gasteiger partial charge in [-0.3, -0.25) is 0 Å². The van der Waals surface area contributed by atoms with Crippen LogP contribution in [-0.4, -0.2) is 19.3 Å². The molecule has 29 heavy (non-hydrogen) atoms. The van der Waals surface area contributed by atoms with E-state index in [1.165, 1.54) is 122 Å². The number of unbranched alkanes of at least 4 members (excludes halogenated alkanes) is 19. The summed E-state index contributed by atoms with van der Waals surface area (Å²) in [7, 11) is 0. The number of isocyanates is 1. The minimum Gasteiger partial charge on any atom is -0.211 e. The first-order chi connectivity index (χ1) is 14.1. The SMILES string of the molecule is C[Si](Cl)(Cl)CCCCCCCCCCCCCCCCCCCCCCN=C=O. The molecule has 0 heterocycles. The Balaban J connectivity index is 3.04. The number of carbonyl (C=O) groups excluding carboxylic acids is 1. The van der Waals surface area contributed by atoms with Crippen LogP contribution in [0, 0.1) is 0 Å². The van der Waals surface area contributed by atoms with E-state index in [-0.39, 0.29) is 0 Å². The monoisotopic (exact) mass is 463 g/mol. The molecule has 0 aromatic heterocycles. The van der Waals surface area contributed by atoms with Gasteiger partial charge in [0.05, 0.1) is 6.54 Å². The molecule has 2 nitrogen and oxygen atoms in total. The normalized spacial score (nSPS) is 11.6. The summed E-state index contributed by atoms with van der Waals surface area (Å²) in [6.07, 6.45) is 28.7. The maximum atomic E-state index is 9.94. The van der Waals surface area contributed by atoms with Crippen LogP contribution >= 0.6 is 22.2 Å². The molecule has 0 fully saturated rings. The van der Waals surface area contributed by atoms with E-state index in [0.717, 1.165) is 12.5 Å². The van der Waals surface area contributed by atoms with Crippen LogP contribution in [0.2, 0.25) is 12.6 Å². The molecular formula is C24H47Cl2NOSi. The molecule has 0 aliphatic rings. The molecule has 0 aliphatic heterocycles. The van der Waals surface area contributed by atoms with Gasteiger partial charge in [0, 0.05) is 0 Å². The van der Waals surface area contributed by atoms with Crippen molar-refractivity contribution in [2.75, 3.05) is 6.54 Å². The molecule has 0 aromatic carbocycles. The van der Waals surface area contributed by atoms with Crippen molar-refractivity contribution in [2.45, 2.75) is 141 Å². The number of nitrogens with zero attached hydrogens (tertiary/aromatic N) is 1. The van der Waals surface area contributed by atoms with Gasteiger partial charge in [0.1, 0.15) is 0 Å². The fourth-order valence-corrected chi connectivity index (χ4v) is 5.53. The minimum absolute atomic E-state index is 0.662. The zero-order valence-corrected chi connectivity index (χ0v) is 21.7. The first kappa shape index (κ1) is 29.2. The van der Waals surface area contributed by atoms with Gasteiger partial charge in [-0.05, 0) is 19.0 Å². The number of rotatable bonds is 23. The maximum absolute atomic E-state index is 9.94. The summed E-state index contributed by atoms with van der Waals surface area (Å²) in [6.45, 7) is 0.845. The second-order valence-corrected chi connectivity index (χ2v) is 17.1. The quantitative estimate of drug-likeness (QED) is 0.0486. The minimum atomic E-state index is -1.84. The van der Waals surface area contributed by atoms with Crippen LogP contribution in [0.1, 0.15) is 128 Å². The Kier molecular flexibility index (Phi) is 23.0. The molecule has 0 saturated heterocycles. The molecule has 0 atom stereocenters. The molecule has 5 heteroatoms. The fraction of sp³-hybridized carbons (Fsp3) is 0.958. The topological polar surface area (TPSA) is 29.4 Å². The molecule has 0 N–H and O–H groups in total. The molecule has 0 bridgehead atoms. The highest BCUT2D eigenvalue weighted by atomic mass is 35.7. The summed E-state index contributed by atoms with van der Waals surface area (Å²) in [5.41, 5.74) is 0. The fourth-order valence-electron chi connectivity index (χ4n) is 3.85. The molecule has 0 aliphatic carbocycles. The van der Waals surface area contributed by atoms with Crippen molar-refractivity contribution in [3.8, 4) is 0 Å². The third-order valence-corrected chi connectivity index (χ3v) is 8.07. The van der Waals surface area contributed by atoms with E-state index in [2.05, 4.69) is 4.99 Å². The van der Waals surface area contributed by atoms with E-state index in [4.69, 9.17) is 22.2 Å². The van der Waals surface area contributed by atoms with Gasteiger partial charge in [-0.25, -0.2) is 9.79 Å². The van der Waals surface area contributed by atoms with E-state index in [1.54, 1.807) is 6.08 Å². The van der Waals surface area contributed by atoms with Gasteiger partial charge in [-0.1, -0.05) is 122 Å². The summed E-state index contributed by atoms with van der Waals surface area (Å²) in [4.78, 5) is 13.5. The zero-order valence-electron chi connectivity index (χ0n) is 19.2. The lowest BCUT2D eigenvalue weighted by atomic mass is 10.0. The van der Waals surface area contributed by atoms with Crippen molar-refractivity contribution >= 4 is 34.9 Å². The summed E-state index contributed by atoms with van der Waals surface area (Å²) >= 11 is 12.2. The predicted molar refractivity (Wildman–Crippen MR) is 133 cm³/mol.